The molecule has 18 heavy (non-hydrogen) atoms. The quantitative estimate of drug-likeness (QED) is 0.925. The molecule has 1 unspecified atom stereocenters. The third-order valence-corrected chi connectivity index (χ3v) is 3.53. The van der Waals surface area contributed by atoms with Gasteiger partial charge in [0, 0.05) is 6.42 Å². The number of nitrogens with zero attached hydrogens (tertiary/aromatic N) is 2. The first-order valence-electron chi connectivity index (χ1n) is 6.11. The van der Waals surface area contributed by atoms with Gasteiger partial charge in [-0.25, -0.2) is 0 Å². The summed E-state index contributed by atoms with van der Waals surface area (Å²) in [7, 11) is 0. The molecule has 94 valence electrons. The van der Waals surface area contributed by atoms with Gasteiger partial charge in [0.2, 0.25) is 11.8 Å². The lowest BCUT2D eigenvalue weighted by Gasteiger charge is -2.02. The van der Waals surface area contributed by atoms with Crippen molar-refractivity contribution in [3.63, 3.8) is 0 Å². The minimum atomic E-state index is 0.501. The molecular formula is C13H14ClN3O. The van der Waals surface area contributed by atoms with Crippen LogP contribution in [0.5, 0.6) is 0 Å². The number of hydrogen-bond acceptors (Lipinski definition) is 4. The van der Waals surface area contributed by atoms with Gasteiger partial charge in [0.1, 0.15) is 0 Å². The first-order chi connectivity index (χ1) is 8.83. The van der Waals surface area contributed by atoms with E-state index in [0.29, 0.717) is 22.7 Å². The van der Waals surface area contributed by atoms with Gasteiger partial charge < -0.3 is 9.73 Å². The molecule has 1 aromatic carbocycles. The van der Waals surface area contributed by atoms with Crippen LogP contribution in [0.3, 0.4) is 0 Å². The second-order valence-corrected chi connectivity index (χ2v) is 4.95. The minimum absolute atomic E-state index is 0.501. The van der Waals surface area contributed by atoms with Gasteiger partial charge in [0.25, 0.3) is 0 Å². The molecule has 1 aromatic heterocycles. The SMILES string of the molecule is Clc1ccccc1-c1nnc(CC2CCNC2)o1. The highest BCUT2D eigenvalue weighted by Crippen LogP contribution is 2.27. The first kappa shape index (κ1) is 11.7. The van der Waals surface area contributed by atoms with E-state index >= 15 is 0 Å². The number of hydrogen-bond donors (Lipinski definition) is 1. The van der Waals surface area contributed by atoms with Crippen LogP contribution in [0, 0.1) is 5.92 Å². The van der Waals surface area contributed by atoms with E-state index in [1.54, 1.807) is 0 Å². The summed E-state index contributed by atoms with van der Waals surface area (Å²) in [6.07, 6.45) is 2.01. The zero-order valence-electron chi connectivity index (χ0n) is 9.90. The third kappa shape index (κ3) is 2.40. The lowest BCUT2D eigenvalue weighted by molar-refractivity contribution is 0.450. The van der Waals surface area contributed by atoms with Gasteiger partial charge in [0.05, 0.1) is 10.6 Å². The van der Waals surface area contributed by atoms with Crippen LogP contribution in [0.25, 0.3) is 11.5 Å². The van der Waals surface area contributed by atoms with Crippen molar-refractivity contribution < 1.29 is 4.42 Å². The van der Waals surface area contributed by atoms with E-state index < -0.39 is 0 Å². The Bertz CT molecular complexity index is 535. The van der Waals surface area contributed by atoms with Crippen LogP contribution >= 0.6 is 11.6 Å². The van der Waals surface area contributed by atoms with Crippen LogP contribution in [0.4, 0.5) is 0 Å². The Morgan fingerprint density at radius 3 is 3.00 bits per heavy atom. The Kier molecular flexibility index (Phi) is 3.30. The molecule has 0 radical (unpaired) electrons. The Morgan fingerprint density at radius 1 is 1.33 bits per heavy atom. The van der Waals surface area contributed by atoms with Crippen molar-refractivity contribution in [1.82, 2.24) is 15.5 Å². The van der Waals surface area contributed by atoms with E-state index in [4.69, 9.17) is 16.0 Å². The Hall–Kier alpha value is -1.39. The van der Waals surface area contributed by atoms with E-state index in [9.17, 15) is 0 Å². The summed E-state index contributed by atoms with van der Waals surface area (Å²) in [6, 6.07) is 7.50. The van der Waals surface area contributed by atoms with Crippen LogP contribution in [0.1, 0.15) is 12.3 Å². The molecule has 4 nitrogen and oxygen atoms in total. The number of aromatic nitrogens is 2. The fourth-order valence-corrected chi connectivity index (χ4v) is 2.43. The van der Waals surface area contributed by atoms with Crippen LogP contribution in [-0.4, -0.2) is 23.3 Å². The van der Waals surface area contributed by atoms with Crippen LogP contribution in [-0.2, 0) is 6.42 Å². The Balaban J connectivity index is 1.79. The van der Waals surface area contributed by atoms with Crippen LogP contribution in [0.2, 0.25) is 5.02 Å². The molecule has 5 heteroatoms. The van der Waals surface area contributed by atoms with Crippen LogP contribution in [0.15, 0.2) is 28.7 Å². The predicted octanol–water partition coefficient (Wildman–Crippen LogP) is 2.54. The maximum atomic E-state index is 6.10. The lowest BCUT2D eigenvalue weighted by Crippen LogP contribution is -2.10. The van der Waals surface area contributed by atoms with Crippen molar-refractivity contribution in [2.75, 3.05) is 13.1 Å². The monoisotopic (exact) mass is 263 g/mol. The number of benzene rings is 1. The highest BCUT2D eigenvalue weighted by Gasteiger charge is 2.19. The molecule has 0 saturated carbocycles. The number of halogens is 1. The van der Waals surface area contributed by atoms with Gasteiger partial charge >= 0.3 is 0 Å². The largest absolute Gasteiger partial charge is 0.421 e. The van der Waals surface area contributed by atoms with E-state index in [1.165, 1.54) is 6.42 Å². The van der Waals surface area contributed by atoms with Crippen molar-refractivity contribution in [1.29, 1.82) is 0 Å². The zero-order chi connectivity index (χ0) is 12.4. The smallest absolute Gasteiger partial charge is 0.249 e. The highest BCUT2D eigenvalue weighted by atomic mass is 35.5. The summed E-state index contributed by atoms with van der Waals surface area (Å²) >= 11 is 6.10. The molecule has 2 heterocycles. The molecule has 1 fully saturated rings. The third-order valence-electron chi connectivity index (χ3n) is 3.20. The molecule has 0 spiro atoms. The molecule has 1 N–H and O–H groups in total. The second kappa shape index (κ2) is 5.08. The first-order valence-corrected chi connectivity index (χ1v) is 6.49. The van der Waals surface area contributed by atoms with E-state index in [1.807, 2.05) is 24.3 Å². The van der Waals surface area contributed by atoms with Crippen molar-refractivity contribution in [2.45, 2.75) is 12.8 Å². The Labute approximate surface area is 110 Å². The molecular weight excluding hydrogens is 250 g/mol. The van der Waals surface area contributed by atoms with E-state index in [2.05, 4.69) is 15.5 Å². The molecule has 1 atom stereocenters. The summed E-state index contributed by atoms with van der Waals surface area (Å²) in [5.41, 5.74) is 0.794. The lowest BCUT2D eigenvalue weighted by atomic mass is 10.1. The van der Waals surface area contributed by atoms with Crippen LogP contribution < -0.4 is 5.32 Å². The minimum Gasteiger partial charge on any atom is -0.421 e. The maximum Gasteiger partial charge on any atom is 0.249 e. The average molecular weight is 264 g/mol. The van der Waals surface area contributed by atoms with Gasteiger partial charge in [0.15, 0.2) is 0 Å². The maximum absolute atomic E-state index is 6.10. The van der Waals surface area contributed by atoms with Crippen molar-refractivity contribution in [3.8, 4) is 11.5 Å². The van der Waals surface area contributed by atoms with Crippen molar-refractivity contribution in [3.05, 3.63) is 35.2 Å². The predicted molar refractivity (Wildman–Crippen MR) is 69.4 cm³/mol. The van der Waals surface area contributed by atoms with Gasteiger partial charge in [-0.1, -0.05) is 23.7 Å². The van der Waals surface area contributed by atoms with Crippen molar-refractivity contribution >= 4 is 11.6 Å². The molecule has 1 aliphatic rings. The van der Waals surface area contributed by atoms with Gasteiger partial charge in [-0.15, -0.1) is 10.2 Å². The van der Waals surface area contributed by atoms with Gasteiger partial charge in [-0.3, -0.25) is 0 Å². The van der Waals surface area contributed by atoms with Crippen molar-refractivity contribution in [2.24, 2.45) is 5.92 Å². The summed E-state index contributed by atoms with van der Waals surface area (Å²) in [5.74, 6) is 1.80. The number of rotatable bonds is 3. The Morgan fingerprint density at radius 2 is 2.22 bits per heavy atom. The zero-order valence-corrected chi connectivity index (χ0v) is 10.7. The average Bonchev–Trinajstić information content (AvgIpc) is 3.02. The fourth-order valence-electron chi connectivity index (χ4n) is 2.22. The summed E-state index contributed by atoms with van der Waals surface area (Å²) < 4.78 is 5.68. The summed E-state index contributed by atoms with van der Waals surface area (Å²) in [5, 5.41) is 12.1. The van der Waals surface area contributed by atoms with E-state index in [-0.39, 0.29) is 0 Å². The topological polar surface area (TPSA) is 51.0 Å². The standard InChI is InChI=1S/C13H14ClN3O/c14-11-4-2-1-3-10(11)13-17-16-12(18-13)7-9-5-6-15-8-9/h1-4,9,15H,5-8H2. The molecule has 2 aromatic rings. The van der Waals surface area contributed by atoms with Gasteiger partial charge in [-0.05, 0) is 37.6 Å². The summed E-state index contributed by atoms with van der Waals surface area (Å²) in [4.78, 5) is 0. The molecule has 0 aliphatic carbocycles. The molecule has 0 bridgehead atoms. The highest BCUT2D eigenvalue weighted by molar-refractivity contribution is 6.33. The van der Waals surface area contributed by atoms with E-state index in [0.717, 1.165) is 25.1 Å². The fraction of sp³-hybridized carbons (Fsp3) is 0.385. The molecule has 1 aliphatic heterocycles. The normalized spacial score (nSPS) is 19.3. The van der Waals surface area contributed by atoms with Gasteiger partial charge in [-0.2, -0.15) is 0 Å². The molecule has 3 rings (SSSR count). The molecule has 0 amide bonds. The second-order valence-electron chi connectivity index (χ2n) is 4.54. The summed E-state index contributed by atoms with van der Waals surface area (Å²) in [6.45, 7) is 2.11. The molecule has 1 saturated heterocycles. The number of nitrogens with one attached hydrogen (secondary N) is 1.